The molecule has 0 unspecified atom stereocenters. The van der Waals surface area contributed by atoms with Gasteiger partial charge in [-0.05, 0) is 35.7 Å². The third kappa shape index (κ3) is 3.91. The van der Waals surface area contributed by atoms with Crippen molar-refractivity contribution in [1.82, 2.24) is 14.6 Å². The Morgan fingerprint density at radius 3 is 2.53 bits per heavy atom. The molecule has 1 aromatic carbocycles. The van der Waals surface area contributed by atoms with E-state index in [0.29, 0.717) is 4.88 Å². The van der Waals surface area contributed by atoms with Crippen molar-refractivity contribution < 1.29 is 18.0 Å². The van der Waals surface area contributed by atoms with Crippen molar-refractivity contribution in [2.75, 3.05) is 6.54 Å². The lowest BCUT2D eigenvalue weighted by atomic mass is 10.0. The van der Waals surface area contributed by atoms with Crippen molar-refractivity contribution in [2.24, 2.45) is 0 Å². The van der Waals surface area contributed by atoms with Crippen molar-refractivity contribution in [3.8, 4) is 0 Å². The Morgan fingerprint density at radius 2 is 1.80 bits per heavy atom. The van der Waals surface area contributed by atoms with Crippen LogP contribution in [0.3, 0.4) is 0 Å². The summed E-state index contributed by atoms with van der Waals surface area (Å²) in [4.78, 5) is 30.6. The smallest absolute Gasteiger partial charge is 0.268 e. The Balaban J connectivity index is 1.44. The number of nitrogens with zero attached hydrogens (tertiary/aromatic N) is 2. The van der Waals surface area contributed by atoms with Crippen LogP contribution in [0.25, 0.3) is 0 Å². The van der Waals surface area contributed by atoms with E-state index in [2.05, 4.69) is 9.71 Å². The molecule has 1 aliphatic rings. The zero-order valence-corrected chi connectivity index (χ0v) is 17.7. The van der Waals surface area contributed by atoms with Crippen LogP contribution in [0.5, 0.6) is 0 Å². The normalized spacial score (nSPS) is 14.8. The van der Waals surface area contributed by atoms with Gasteiger partial charge in [-0.25, -0.2) is 13.1 Å². The van der Waals surface area contributed by atoms with Gasteiger partial charge in [-0.15, -0.1) is 11.3 Å². The number of hydrogen-bond acceptors (Lipinski definition) is 6. The Bertz CT molecular complexity index is 1170. The minimum atomic E-state index is -3.69. The summed E-state index contributed by atoms with van der Waals surface area (Å²) in [6.45, 7) is 2.23. The quantitative estimate of drug-likeness (QED) is 0.569. The molecule has 3 aromatic rings. The van der Waals surface area contributed by atoms with Gasteiger partial charge in [0.15, 0.2) is 0 Å². The number of thiophene rings is 1. The lowest BCUT2D eigenvalue weighted by molar-refractivity contribution is 0.0642. The highest BCUT2D eigenvalue weighted by Gasteiger charge is 2.36. The SMILES string of the molecule is C[C@@H](CNS(=O)(=O)c1ccc(CN2C(=O)c3cccnc3C2=O)s1)c1ccccc1. The third-order valence-corrected chi connectivity index (χ3v) is 7.88. The second kappa shape index (κ2) is 8.10. The predicted octanol–water partition coefficient (Wildman–Crippen LogP) is 3.02. The number of sulfonamides is 1. The van der Waals surface area contributed by atoms with Gasteiger partial charge in [0.25, 0.3) is 11.8 Å². The highest BCUT2D eigenvalue weighted by molar-refractivity contribution is 7.91. The number of fused-ring (bicyclic) bond motifs is 1. The number of hydrogen-bond donors (Lipinski definition) is 1. The number of carbonyl (C=O) groups excluding carboxylic acids is 2. The molecule has 2 aromatic heterocycles. The van der Waals surface area contributed by atoms with Gasteiger partial charge in [0.05, 0.1) is 12.1 Å². The molecule has 4 rings (SSSR count). The summed E-state index contributed by atoms with van der Waals surface area (Å²) in [7, 11) is -3.69. The average molecular weight is 442 g/mol. The monoisotopic (exact) mass is 441 g/mol. The second-order valence-corrected chi connectivity index (χ2v) is 10.1. The van der Waals surface area contributed by atoms with Gasteiger partial charge in [-0.3, -0.25) is 19.5 Å². The zero-order chi connectivity index (χ0) is 21.3. The predicted molar refractivity (Wildman–Crippen MR) is 113 cm³/mol. The van der Waals surface area contributed by atoms with E-state index in [0.717, 1.165) is 21.8 Å². The van der Waals surface area contributed by atoms with Crippen LogP contribution in [-0.4, -0.2) is 36.7 Å². The van der Waals surface area contributed by atoms with E-state index in [9.17, 15) is 18.0 Å². The summed E-state index contributed by atoms with van der Waals surface area (Å²) in [6, 6.07) is 15.9. The van der Waals surface area contributed by atoms with Crippen molar-refractivity contribution >= 4 is 33.2 Å². The molecule has 0 fully saturated rings. The van der Waals surface area contributed by atoms with Gasteiger partial charge in [-0.2, -0.15) is 0 Å². The molecule has 0 saturated carbocycles. The summed E-state index contributed by atoms with van der Waals surface area (Å²) in [5.74, 6) is -0.870. The van der Waals surface area contributed by atoms with E-state index in [1.165, 1.54) is 12.3 Å². The number of rotatable bonds is 7. The van der Waals surface area contributed by atoms with E-state index in [1.807, 2.05) is 37.3 Å². The zero-order valence-electron chi connectivity index (χ0n) is 16.1. The van der Waals surface area contributed by atoms with E-state index in [1.54, 1.807) is 18.2 Å². The lowest BCUT2D eigenvalue weighted by Crippen LogP contribution is -2.29. The fraction of sp³-hybridized carbons (Fsp3) is 0.190. The fourth-order valence-electron chi connectivity index (χ4n) is 3.21. The van der Waals surface area contributed by atoms with Crippen molar-refractivity contribution in [3.05, 3.63) is 82.5 Å². The van der Waals surface area contributed by atoms with Crippen molar-refractivity contribution in [1.29, 1.82) is 0 Å². The first-order chi connectivity index (χ1) is 14.4. The third-order valence-electron chi connectivity index (χ3n) is 4.89. The maximum absolute atomic E-state index is 12.7. The molecule has 7 nitrogen and oxygen atoms in total. The highest BCUT2D eigenvalue weighted by Crippen LogP contribution is 2.27. The molecule has 9 heteroatoms. The number of benzene rings is 1. The number of pyridine rings is 1. The van der Waals surface area contributed by atoms with E-state index >= 15 is 0 Å². The topological polar surface area (TPSA) is 96.4 Å². The fourth-order valence-corrected chi connectivity index (χ4v) is 5.73. The first-order valence-electron chi connectivity index (χ1n) is 9.31. The largest absolute Gasteiger partial charge is 0.280 e. The van der Waals surface area contributed by atoms with Gasteiger partial charge in [0.2, 0.25) is 10.0 Å². The molecular weight excluding hydrogens is 422 g/mol. The molecule has 0 aliphatic carbocycles. The van der Waals surface area contributed by atoms with Crippen LogP contribution in [0.4, 0.5) is 0 Å². The van der Waals surface area contributed by atoms with Gasteiger partial charge < -0.3 is 0 Å². The van der Waals surface area contributed by atoms with Crippen LogP contribution in [0.2, 0.25) is 0 Å². The van der Waals surface area contributed by atoms with Crippen LogP contribution in [-0.2, 0) is 16.6 Å². The molecule has 154 valence electrons. The molecule has 1 N–H and O–H groups in total. The molecule has 0 radical (unpaired) electrons. The number of nitrogens with one attached hydrogen (secondary N) is 1. The summed E-state index contributed by atoms with van der Waals surface area (Å²) in [6.07, 6.45) is 1.46. The van der Waals surface area contributed by atoms with E-state index in [-0.39, 0.29) is 34.5 Å². The number of imide groups is 1. The molecule has 2 amide bonds. The number of amides is 2. The van der Waals surface area contributed by atoms with Crippen LogP contribution < -0.4 is 4.72 Å². The molecule has 3 heterocycles. The van der Waals surface area contributed by atoms with Crippen LogP contribution in [0, 0.1) is 0 Å². The van der Waals surface area contributed by atoms with Gasteiger partial charge in [0.1, 0.15) is 9.90 Å². The van der Waals surface area contributed by atoms with Gasteiger partial charge >= 0.3 is 0 Å². The minimum Gasteiger partial charge on any atom is -0.268 e. The minimum absolute atomic E-state index is 0.00856. The summed E-state index contributed by atoms with van der Waals surface area (Å²) >= 11 is 1.04. The first kappa shape index (κ1) is 20.4. The number of carbonyl (C=O) groups is 2. The summed E-state index contributed by atoms with van der Waals surface area (Å²) in [5.41, 5.74) is 1.44. The average Bonchev–Trinajstić information content (AvgIpc) is 3.33. The first-order valence-corrected chi connectivity index (χ1v) is 11.6. The maximum Gasteiger partial charge on any atom is 0.280 e. The lowest BCUT2D eigenvalue weighted by Gasteiger charge is -2.13. The van der Waals surface area contributed by atoms with Crippen LogP contribution in [0.1, 0.15) is 44.1 Å². The van der Waals surface area contributed by atoms with E-state index < -0.39 is 21.8 Å². The maximum atomic E-state index is 12.7. The molecule has 1 aliphatic heterocycles. The molecule has 30 heavy (non-hydrogen) atoms. The molecule has 0 spiro atoms. The molecule has 0 saturated heterocycles. The van der Waals surface area contributed by atoms with Crippen molar-refractivity contribution in [3.63, 3.8) is 0 Å². The molecular formula is C21H19N3O4S2. The van der Waals surface area contributed by atoms with Crippen molar-refractivity contribution in [2.45, 2.75) is 23.6 Å². The van der Waals surface area contributed by atoms with Gasteiger partial charge in [0, 0.05) is 17.6 Å². The van der Waals surface area contributed by atoms with E-state index in [4.69, 9.17) is 0 Å². The molecule has 0 bridgehead atoms. The molecule has 1 atom stereocenters. The summed E-state index contributed by atoms with van der Waals surface area (Å²) < 4.78 is 28.1. The Kier molecular flexibility index (Phi) is 5.50. The Hall–Kier alpha value is -2.88. The van der Waals surface area contributed by atoms with Gasteiger partial charge in [-0.1, -0.05) is 37.3 Å². The number of aromatic nitrogens is 1. The Labute approximate surface area is 178 Å². The summed E-state index contributed by atoms with van der Waals surface area (Å²) in [5, 5.41) is 0. The standard InChI is InChI=1S/C21H19N3O4S2/c1-14(15-6-3-2-4-7-15)12-23-30(27,28)18-10-9-16(29-18)13-24-20(25)17-8-5-11-22-19(17)21(24)26/h2-11,14,23H,12-13H2,1H3/t14-/m0/s1. The van der Waals surface area contributed by atoms with Crippen LogP contribution in [0.15, 0.2) is 65.0 Å². The van der Waals surface area contributed by atoms with Crippen LogP contribution >= 0.6 is 11.3 Å². The second-order valence-electron chi connectivity index (χ2n) is 6.98. The highest BCUT2D eigenvalue weighted by atomic mass is 32.2. The Morgan fingerprint density at radius 1 is 1.03 bits per heavy atom.